The largest absolute Gasteiger partial charge is 0.490 e. The van der Waals surface area contributed by atoms with Gasteiger partial charge in [-0.15, -0.1) is 11.8 Å². The standard InChI is InChI=1S/C26H27F3N6O3S/c1-2-19-20(11-30)23(35-9-7-18(32)8-10-35)34-24(21(19)12-31)39-15-17-5-3-16(4-6-17)13-33-22(36)14-38-25(37)26(27,28)29/h3-6,18H,2,7-10,13-15,32H2,1H3,(H,33,36). The molecule has 0 spiro atoms. The Morgan fingerprint density at radius 3 is 2.33 bits per heavy atom. The summed E-state index contributed by atoms with van der Waals surface area (Å²) in [5.74, 6) is -2.22. The fraction of sp³-hybridized carbons (Fsp3) is 0.423. The van der Waals surface area contributed by atoms with Gasteiger partial charge in [-0.2, -0.15) is 23.7 Å². The van der Waals surface area contributed by atoms with E-state index >= 15 is 0 Å². The van der Waals surface area contributed by atoms with Crippen molar-refractivity contribution in [2.75, 3.05) is 24.6 Å². The number of esters is 1. The number of aromatic nitrogens is 1. The number of benzene rings is 1. The molecule has 9 nitrogen and oxygen atoms in total. The van der Waals surface area contributed by atoms with Crippen LogP contribution in [0.1, 0.15) is 47.6 Å². The number of hydrogen-bond acceptors (Lipinski definition) is 9. The molecule has 39 heavy (non-hydrogen) atoms. The van der Waals surface area contributed by atoms with Crippen molar-refractivity contribution < 1.29 is 27.5 Å². The number of halogens is 3. The molecule has 3 rings (SSSR count). The van der Waals surface area contributed by atoms with Gasteiger partial charge in [0, 0.05) is 31.4 Å². The van der Waals surface area contributed by atoms with Gasteiger partial charge in [-0.25, -0.2) is 9.78 Å². The normalized spacial score (nSPS) is 13.9. The molecule has 0 saturated carbocycles. The summed E-state index contributed by atoms with van der Waals surface area (Å²) < 4.78 is 40.4. The molecule has 0 bridgehead atoms. The van der Waals surface area contributed by atoms with E-state index in [-0.39, 0.29) is 12.6 Å². The number of alkyl halides is 3. The van der Waals surface area contributed by atoms with Gasteiger partial charge in [-0.3, -0.25) is 4.79 Å². The highest BCUT2D eigenvalue weighted by atomic mass is 32.2. The Morgan fingerprint density at radius 2 is 1.77 bits per heavy atom. The van der Waals surface area contributed by atoms with E-state index < -0.39 is 24.7 Å². The van der Waals surface area contributed by atoms with Gasteiger partial charge in [0.15, 0.2) is 6.61 Å². The summed E-state index contributed by atoms with van der Waals surface area (Å²) >= 11 is 1.38. The van der Waals surface area contributed by atoms with Gasteiger partial charge in [0.25, 0.3) is 5.91 Å². The van der Waals surface area contributed by atoms with Crippen molar-refractivity contribution >= 4 is 29.5 Å². The number of amides is 1. The Morgan fingerprint density at radius 1 is 1.15 bits per heavy atom. The zero-order chi connectivity index (χ0) is 28.6. The molecule has 2 heterocycles. The molecular weight excluding hydrogens is 533 g/mol. The molecule has 0 radical (unpaired) electrons. The molecule has 0 unspecified atom stereocenters. The highest BCUT2D eigenvalue weighted by molar-refractivity contribution is 7.98. The van der Waals surface area contributed by atoms with Gasteiger partial charge in [0.2, 0.25) is 0 Å². The summed E-state index contributed by atoms with van der Waals surface area (Å²) in [6.45, 7) is 2.28. The number of pyridine rings is 1. The number of nitrogens with two attached hydrogens (primary N) is 1. The van der Waals surface area contributed by atoms with Gasteiger partial charge < -0.3 is 20.7 Å². The SMILES string of the molecule is CCc1c(C#N)c(SCc2ccc(CNC(=O)COC(=O)C(F)(F)F)cc2)nc(N2CCC(N)CC2)c1C#N. The number of hydrogen-bond donors (Lipinski definition) is 2. The topological polar surface area (TPSA) is 145 Å². The molecule has 1 aliphatic heterocycles. The van der Waals surface area contributed by atoms with Gasteiger partial charge in [0.1, 0.15) is 23.0 Å². The lowest BCUT2D eigenvalue weighted by atomic mass is 10.00. The minimum absolute atomic E-state index is 0.0360. The van der Waals surface area contributed by atoms with Crippen LogP contribution in [-0.4, -0.2) is 48.8 Å². The number of carbonyl (C=O) groups is 2. The maximum atomic E-state index is 12.1. The van der Waals surface area contributed by atoms with Crippen LogP contribution in [0.15, 0.2) is 29.3 Å². The van der Waals surface area contributed by atoms with Crippen molar-refractivity contribution in [3.63, 3.8) is 0 Å². The molecule has 1 aromatic heterocycles. The first-order chi connectivity index (χ1) is 18.6. The molecular formula is C26H27F3N6O3S. The zero-order valence-electron chi connectivity index (χ0n) is 21.2. The Hall–Kier alpha value is -3.81. The maximum absolute atomic E-state index is 12.1. The van der Waals surface area contributed by atoms with Crippen LogP contribution in [-0.2, 0) is 33.0 Å². The summed E-state index contributed by atoms with van der Waals surface area (Å²) in [6, 6.07) is 11.7. The summed E-state index contributed by atoms with van der Waals surface area (Å²) in [5, 5.41) is 22.7. The minimum atomic E-state index is -5.16. The van der Waals surface area contributed by atoms with E-state index in [1.165, 1.54) is 11.8 Å². The first kappa shape index (κ1) is 29.7. The van der Waals surface area contributed by atoms with E-state index in [0.29, 0.717) is 58.4 Å². The summed E-state index contributed by atoms with van der Waals surface area (Å²) in [7, 11) is 0. The predicted octanol–water partition coefficient (Wildman–Crippen LogP) is 3.33. The number of rotatable bonds is 9. The Bertz CT molecular complexity index is 1280. The van der Waals surface area contributed by atoms with Crippen molar-refractivity contribution in [3.05, 3.63) is 52.1 Å². The molecule has 0 atom stereocenters. The molecule has 1 fully saturated rings. The zero-order valence-corrected chi connectivity index (χ0v) is 22.0. The second-order valence-electron chi connectivity index (χ2n) is 8.83. The van der Waals surface area contributed by atoms with Crippen molar-refractivity contribution in [1.29, 1.82) is 10.5 Å². The third kappa shape index (κ3) is 7.85. The second kappa shape index (κ2) is 13.3. The van der Waals surface area contributed by atoms with Crippen molar-refractivity contribution in [2.24, 2.45) is 5.73 Å². The third-order valence-corrected chi connectivity index (χ3v) is 7.17. The van der Waals surface area contributed by atoms with Crippen LogP contribution in [0.2, 0.25) is 0 Å². The molecule has 1 amide bonds. The molecule has 1 aliphatic rings. The monoisotopic (exact) mass is 560 g/mol. The average molecular weight is 561 g/mol. The number of nitrogens with zero attached hydrogens (tertiary/aromatic N) is 4. The van der Waals surface area contributed by atoms with Crippen LogP contribution in [0.4, 0.5) is 19.0 Å². The van der Waals surface area contributed by atoms with Crippen LogP contribution in [0.3, 0.4) is 0 Å². The summed E-state index contributed by atoms with van der Waals surface area (Å²) in [6.07, 6.45) is -3.06. The smallest absolute Gasteiger partial charge is 0.449 e. The summed E-state index contributed by atoms with van der Waals surface area (Å²) in [5.41, 5.74) is 9.13. The fourth-order valence-electron chi connectivity index (χ4n) is 4.00. The number of ether oxygens (including phenoxy) is 1. The molecule has 1 saturated heterocycles. The summed E-state index contributed by atoms with van der Waals surface area (Å²) in [4.78, 5) is 29.2. The molecule has 2 aromatic rings. The van der Waals surface area contributed by atoms with Crippen LogP contribution in [0.5, 0.6) is 0 Å². The lowest BCUT2D eigenvalue weighted by Gasteiger charge is -2.32. The Labute approximate surface area is 228 Å². The van der Waals surface area contributed by atoms with Crippen LogP contribution < -0.4 is 16.0 Å². The fourth-order valence-corrected chi connectivity index (χ4v) is 4.96. The van der Waals surface area contributed by atoms with E-state index in [0.717, 1.165) is 18.4 Å². The third-order valence-electron chi connectivity index (χ3n) is 6.12. The van der Waals surface area contributed by atoms with E-state index in [2.05, 4.69) is 27.1 Å². The van der Waals surface area contributed by atoms with Crippen LogP contribution in [0.25, 0.3) is 0 Å². The number of thioether (sulfide) groups is 1. The number of nitrogens with one attached hydrogen (secondary N) is 1. The molecule has 0 aliphatic carbocycles. The molecule has 13 heteroatoms. The quantitative estimate of drug-likeness (QED) is 0.348. The van der Waals surface area contributed by atoms with Gasteiger partial charge in [0.05, 0.1) is 11.1 Å². The van der Waals surface area contributed by atoms with Crippen molar-refractivity contribution in [3.8, 4) is 12.1 Å². The van der Waals surface area contributed by atoms with Crippen LogP contribution >= 0.6 is 11.8 Å². The average Bonchev–Trinajstić information content (AvgIpc) is 2.93. The predicted molar refractivity (Wildman–Crippen MR) is 137 cm³/mol. The number of anilines is 1. The van der Waals surface area contributed by atoms with Gasteiger partial charge >= 0.3 is 12.1 Å². The van der Waals surface area contributed by atoms with E-state index in [9.17, 15) is 33.3 Å². The maximum Gasteiger partial charge on any atom is 0.490 e. The lowest BCUT2D eigenvalue weighted by Crippen LogP contribution is -2.40. The lowest BCUT2D eigenvalue weighted by molar-refractivity contribution is -0.200. The number of nitriles is 2. The molecule has 206 valence electrons. The Kier molecular flexibility index (Phi) is 10.2. The highest BCUT2D eigenvalue weighted by Gasteiger charge is 2.41. The van der Waals surface area contributed by atoms with Gasteiger partial charge in [-0.1, -0.05) is 31.2 Å². The van der Waals surface area contributed by atoms with Crippen LogP contribution in [0, 0.1) is 22.7 Å². The van der Waals surface area contributed by atoms with Gasteiger partial charge in [-0.05, 0) is 36.0 Å². The highest BCUT2D eigenvalue weighted by Crippen LogP contribution is 2.34. The number of carbonyl (C=O) groups excluding carboxylic acids is 2. The second-order valence-corrected chi connectivity index (χ2v) is 9.79. The molecule has 1 aromatic carbocycles. The first-order valence-corrected chi connectivity index (χ1v) is 13.1. The van der Waals surface area contributed by atoms with Crippen molar-refractivity contribution in [2.45, 2.75) is 55.7 Å². The number of piperidine rings is 1. The molecule has 3 N–H and O–H groups in total. The first-order valence-electron chi connectivity index (χ1n) is 12.2. The van der Waals surface area contributed by atoms with E-state index in [1.807, 2.05) is 19.1 Å². The van der Waals surface area contributed by atoms with E-state index in [1.54, 1.807) is 12.1 Å². The van der Waals surface area contributed by atoms with Crippen molar-refractivity contribution in [1.82, 2.24) is 10.3 Å². The minimum Gasteiger partial charge on any atom is -0.449 e. The Balaban J connectivity index is 1.66. The van der Waals surface area contributed by atoms with E-state index in [4.69, 9.17) is 10.7 Å².